The van der Waals surface area contributed by atoms with E-state index in [1.54, 1.807) is 0 Å². The molecule has 0 saturated heterocycles. The summed E-state index contributed by atoms with van der Waals surface area (Å²) in [5.74, 6) is 0. The summed E-state index contributed by atoms with van der Waals surface area (Å²) in [6.07, 6.45) is 0. The lowest BCUT2D eigenvalue weighted by Gasteiger charge is -2.05. The fourth-order valence-corrected chi connectivity index (χ4v) is 0.837. The Morgan fingerprint density at radius 1 is 1.00 bits per heavy atom. The van der Waals surface area contributed by atoms with Gasteiger partial charge in [-0.15, -0.1) is 0 Å². The summed E-state index contributed by atoms with van der Waals surface area (Å²) in [5.41, 5.74) is 1.24. The quantitative estimate of drug-likeness (QED) is 0.513. The zero-order valence-corrected chi connectivity index (χ0v) is 7.41. The van der Waals surface area contributed by atoms with Crippen molar-refractivity contribution in [3.63, 3.8) is 0 Å². The smallest absolute Gasteiger partial charge is 0.247 e. The molecule has 0 amide bonds. The molecule has 1 radical (unpaired) electrons. The molecule has 12 heavy (non-hydrogen) atoms. The Balaban J connectivity index is 0. The predicted molar refractivity (Wildman–Crippen MR) is 52.7 cm³/mol. The Kier molecular flexibility index (Phi) is 7.84. The summed E-state index contributed by atoms with van der Waals surface area (Å²) in [4.78, 5) is 2.04. The van der Waals surface area contributed by atoms with Gasteiger partial charge in [-0.25, -0.2) is 0 Å². The molecular weight excluding hydrogens is 153 g/mol. The van der Waals surface area contributed by atoms with Crippen LogP contribution in [0, 0.1) is 0 Å². The molecule has 0 aliphatic carbocycles. The van der Waals surface area contributed by atoms with Gasteiger partial charge in [0.2, 0.25) is 7.41 Å². The van der Waals surface area contributed by atoms with Gasteiger partial charge in [-0.05, 0) is 14.1 Å². The topological polar surface area (TPSA) is 66.2 Å². The molecule has 4 N–H and O–H groups in total. The van der Waals surface area contributed by atoms with Crippen molar-refractivity contribution in [1.29, 1.82) is 0 Å². The highest BCUT2D eigenvalue weighted by Crippen LogP contribution is 1.81. The van der Waals surface area contributed by atoms with Crippen LogP contribution in [0.25, 0.3) is 0 Å². The van der Waals surface area contributed by atoms with Crippen LogP contribution in [0.2, 0.25) is 0 Å². The van der Waals surface area contributed by atoms with Crippen molar-refractivity contribution in [3.05, 3.63) is 30.3 Å². The van der Waals surface area contributed by atoms with Crippen LogP contribution >= 0.6 is 0 Å². The second kappa shape index (κ2) is 6.85. The Hall–Kier alpha value is -0.835. The lowest BCUT2D eigenvalue weighted by molar-refractivity contribution is 0.669. The van der Waals surface area contributed by atoms with Gasteiger partial charge in [0.1, 0.15) is 0 Å². The first-order valence-electron chi connectivity index (χ1n) is 3.35. The molecule has 1 aromatic carbocycles. The highest BCUT2D eigenvalue weighted by atomic mass is 16.0. The van der Waals surface area contributed by atoms with E-state index < -0.39 is 0 Å². The Morgan fingerprint density at radius 2 is 1.50 bits per heavy atom. The SMILES string of the molecule is CN(C)[B]c1ccccc1.O.O. The summed E-state index contributed by atoms with van der Waals surface area (Å²) in [5, 5.41) is 0. The van der Waals surface area contributed by atoms with Crippen molar-refractivity contribution in [3.8, 4) is 0 Å². The van der Waals surface area contributed by atoms with E-state index >= 15 is 0 Å². The molecule has 0 atom stereocenters. The van der Waals surface area contributed by atoms with Crippen LogP contribution in [0.4, 0.5) is 0 Å². The third-order valence-electron chi connectivity index (χ3n) is 1.21. The minimum atomic E-state index is 0. The summed E-state index contributed by atoms with van der Waals surface area (Å²) >= 11 is 0. The largest absolute Gasteiger partial charge is 0.412 e. The molecular formula is C8H15BNO2. The molecule has 0 bridgehead atoms. The number of nitrogens with zero attached hydrogens (tertiary/aromatic N) is 1. The molecule has 0 aliphatic rings. The highest BCUT2D eigenvalue weighted by Gasteiger charge is 1.94. The van der Waals surface area contributed by atoms with E-state index in [1.807, 2.05) is 37.1 Å². The van der Waals surface area contributed by atoms with Gasteiger partial charge < -0.3 is 15.8 Å². The zero-order chi connectivity index (χ0) is 7.40. The van der Waals surface area contributed by atoms with Crippen LogP contribution in [0.1, 0.15) is 0 Å². The average molecular weight is 168 g/mol. The molecule has 1 aromatic rings. The lowest BCUT2D eigenvalue weighted by atomic mass is 9.82. The standard InChI is InChI=1S/C8H11BN.2H2O/c1-10(2)9-8-6-4-3-5-7-8;;/h3-7H,1-2H3;2*1H2. The molecule has 1 rings (SSSR count). The van der Waals surface area contributed by atoms with Crippen LogP contribution in [0.15, 0.2) is 30.3 Å². The molecule has 4 heteroatoms. The van der Waals surface area contributed by atoms with Gasteiger partial charge in [-0.2, -0.15) is 0 Å². The van der Waals surface area contributed by atoms with Gasteiger partial charge >= 0.3 is 0 Å². The zero-order valence-electron chi connectivity index (χ0n) is 7.41. The van der Waals surface area contributed by atoms with E-state index in [-0.39, 0.29) is 11.0 Å². The number of rotatable bonds is 2. The minimum absolute atomic E-state index is 0. The Bertz CT molecular complexity index is 192. The van der Waals surface area contributed by atoms with Crippen molar-refractivity contribution in [1.82, 2.24) is 4.81 Å². The van der Waals surface area contributed by atoms with E-state index in [4.69, 9.17) is 0 Å². The summed E-state index contributed by atoms with van der Waals surface area (Å²) in [6, 6.07) is 10.3. The fourth-order valence-electron chi connectivity index (χ4n) is 0.837. The normalized spacial score (nSPS) is 8.25. The van der Waals surface area contributed by atoms with Gasteiger partial charge in [-0.3, -0.25) is 0 Å². The maximum Gasteiger partial charge on any atom is 0.247 e. The molecule has 0 saturated carbocycles. The predicted octanol–water partition coefficient (Wildman–Crippen LogP) is -1.16. The Labute approximate surface area is 73.9 Å². The van der Waals surface area contributed by atoms with Crippen LogP contribution < -0.4 is 5.46 Å². The molecule has 67 valence electrons. The van der Waals surface area contributed by atoms with Crippen molar-refractivity contribution >= 4 is 12.9 Å². The first kappa shape index (κ1) is 13.7. The molecule has 0 heterocycles. The first-order valence-corrected chi connectivity index (χ1v) is 3.35. The van der Waals surface area contributed by atoms with Gasteiger partial charge in [0.25, 0.3) is 0 Å². The van der Waals surface area contributed by atoms with E-state index in [9.17, 15) is 0 Å². The fraction of sp³-hybridized carbons (Fsp3) is 0.250. The van der Waals surface area contributed by atoms with Crippen molar-refractivity contribution < 1.29 is 11.0 Å². The maximum absolute atomic E-state index is 2.08. The van der Waals surface area contributed by atoms with Gasteiger partial charge in [0.05, 0.1) is 0 Å². The average Bonchev–Trinajstić information content (AvgIpc) is 1.88. The molecule has 0 spiro atoms. The number of hydrogen-bond acceptors (Lipinski definition) is 1. The molecule has 3 nitrogen and oxygen atoms in total. The van der Waals surface area contributed by atoms with Crippen molar-refractivity contribution in [2.24, 2.45) is 0 Å². The summed E-state index contributed by atoms with van der Waals surface area (Å²) in [6.45, 7) is 0. The van der Waals surface area contributed by atoms with Crippen molar-refractivity contribution in [2.45, 2.75) is 0 Å². The lowest BCUT2D eigenvalue weighted by Crippen LogP contribution is -2.28. The molecule has 0 aliphatic heterocycles. The summed E-state index contributed by atoms with van der Waals surface area (Å²) in [7, 11) is 6.12. The second-order valence-corrected chi connectivity index (χ2v) is 2.50. The number of benzene rings is 1. The van der Waals surface area contributed by atoms with Crippen LogP contribution in [-0.2, 0) is 0 Å². The third kappa shape index (κ3) is 4.90. The molecule has 0 unspecified atom stereocenters. The van der Waals surface area contributed by atoms with Crippen LogP contribution in [-0.4, -0.2) is 37.3 Å². The summed E-state index contributed by atoms with van der Waals surface area (Å²) < 4.78 is 0. The van der Waals surface area contributed by atoms with Crippen molar-refractivity contribution in [2.75, 3.05) is 14.1 Å². The maximum atomic E-state index is 2.08. The Morgan fingerprint density at radius 3 is 1.92 bits per heavy atom. The minimum Gasteiger partial charge on any atom is -0.412 e. The highest BCUT2D eigenvalue weighted by molar-refractivity contribution is 6.50. The van der Waals surface area contributed by atoms with E-state index in [0.29, 0.717) is 0 Å². The second-order valence-electron chi connectivity index (χ2n) is 2.50. The first-order chi connectivity index (χ1) is 4.79. The monoisotopic (exact) mass is 168 g/mol. The third-order valence-corrected chi connectivity index (χ3v) is 1.21. The molecule has 0 aromatic heterocycles. The van der Waals surface area contributed by atoms with Crippen LogP contribution in [0.5, 0.6) is 0 Å². The number of hydrogen-bond donors (Lipinski definition) is 0. The van der Waals surface area contributed by atoms with E-state index in [0.717, 1.165) is 0 Å². The van der Waals surface area contributed by atoms with Crippen LogP contribution in [0.3, 0.4) is 0 Å². The van der Waals surface area contributed by atoms with E-state index in [1.165, 1.54) is 5.46 Å². The van der Waals surface area contributed by atoms with Gasteiger partial charge in [0.15, 0.2) is 0 Å². The van der Waals surface area contributed by atoms with E-state index in [2.05, 4.69) is 19.5 Å². The van der Waals surface area contributed by atoms with Gasteiger partial charge in [-0.1, -0.05) is 35.8 Å². The molecule has 0 fully saturated rings. The van der Waals surface area contributed by atoms with Gasteiger partial charge in [0, 0.05) is 0 Å².